The Labute approximate surface area is 178 Å². The minimum absolute atomic E-state index is 0.0579. The zero-order valence-corrected chi connectivity index (χ0v) is 18.2. The van der Waals surface area contributed by atoms with Gasteiger partial charge < -0.3 is 9.84 Å². The van der Waals surface area contributed by atoms with E-state index in [1.54, 1.807) is 34.6 Å². The molecule has 1 N–H and O–H groups in total. The van der Waals surface area contributed by atoms with E-state index in [2.05, 4.69) is 26.4 Å². The van der Waals surface area contributed by atoms with Crippen molar-refractivity contribution in [3.63, 3.8) is 0 Å². The molecule has 0 radical (unpaired) electrons. The molecule has 3 fully saturated rings. The van der Waals surface area contributed by atoms with Gasteiger partial charge in [-0.2, -0.15) is 4.31 Å². The summed E-state index contributed by atoms with van der Waals surface area (Å²) in [6.45, 7) is 0. The van der Waals surface area contributed by atoms with E-state index < -0.39 is 10.0 Å². The second kappa shape index (κ2) is 7.21. The molecule has 1 aromatic carbocycles. The number of nitrogens with zero attached hydrogens (tertiary/aromatic N) is 2. The molecule has 2 aromatic rings. The highest BCUT2D eigenvalue weighted by molar-refractivity contribution is 9.10. The minimum atomic E-state index is -3.55. The molecule has 2 saturated heterocycles. The van der Waals surface area contributed by atoms with E-state index in [-0.39, 0.29) is 24.0 Å². The van der Waals surface area contributed by atoms with Gasteiger partial charge in [-0.15, -0.1) is 0 Å². The van der Waals surface area contributed by atoms with Gasteiger partial charge in [-0.1, -0.05) is 21.1 Å². The number of carbonyl (C=O) groups is 1. The van der Waals surface area contributed by atoms with Crippen molar-refractivity contribution < 1.29 is 17.7 Å². The van der Waals surface area contributed by atoms with Crippen LogP contribution in [0, 0.1) is 0 Å². The number of hydrogen-bond acceptors (Lipinski definition) is 5. The largest absolute Gasteiger partial charge is 0.360 e. The zero-order chi connectivity index (χ0) is 20.2. The van der Waals surface area contributed by atoms with Gasteiger partial charge in [0, 0.05) is 34.6 Å². The molecule has 1 unspecified atom stereocenters. The predicted molar refractivity (Wildman–Crippen MR) is 109 cm³/mol. The van der Waals surface area contributed by atoms with Crippen LogP contribution in [0.3, 0.4) is 0 Å². The third-order valence-electron chi connectivity index (χ3n) is 6.13. The van der Waals surface area contributed by atoms with Crippen LogP contribution in [0.1, 0.15) is 60.7 Å². The fourth-order valence-electron chi connectivity index (χ4n) is 4.59. The molecule has 1 aliphatic carbocycles. The Bertz CT molecular complexity index is 1020. The summed E-state index contributed by atoms with van der Waals surface area (Å²) in [5.41, 5.74) is 0.309. The second-order valence-corrected chi connectivity index (χ2v) is 11.0. The quantitative estimate of drug-likeness (QED) is 0.708. The van der Waals surface area contributed by atoms with Crippen LogP contribution in [-0.2, 0) is 10.0 Å². The summed E-state index contributed by atoms with van der Waals surface area (Å²) >= 11 is 3.35. The molecule has 0 spiro atoms. The Morgan fingerprint density at radius 2 is 1.76 bits per heavy atom. The highest BCUT2D eigenvalue weighted by Crippen LogP contribution is 2.41. The van der Waals surface area contributed by atoms with Crippen molar-refractivity contribution in [2.24, 2.45) is 0 Å². The van der Waals surface area contributed by atoms with Crippen molar-refractivity contribution >= 4 is 31.9 Å². The first-order valence-electron chi connectivity index (χ1n) is 9.98. The van der Waals surface area contributed by atoms with Crippen molar-refractivity contribution in [1.29, 1.82) is 0 Å². The number of nitrogens with one attached hydrogen (secondary N) is 1. The summed E-state index contributed by atoms with van der Waals surface area (Å²) in [6, 6.07) is 8.25. The van der Waals surface area contributed by atoms with E-state index in [9.17, 15) is 13.2 Å². The smallest absolute Gasteiger partial charge is 0.273 e. The topological polar surface area (TPSA) is 92.5 Å². The number of fused-ring (bicyclic) bond motifs is 2. The first-order valence-corrected chi connectivity index (χ1v) is 12.2. The Balaban J connectivity index is 1.28. The van der Waals surface area contributed by atoms with Crippen molar-refractivity contribution in [2.75, 3.05) is 0 Å². The number of piperidine rings is 1. The summed E-state index contributed by atoms with van der Waals surface area (Å²) < 4.78 is 34.1. The fraction of sp³-hybridized carbons (Fsp3) is 0.500. The molecule has 2 bridgehead atoms. The molecule has 1 aromatic heterocycles. The summed E-state index contributed by atoms with van der Waals surface area (Å²) in [5.74, 6) is 0.951. The van der Waals surface area contributed by atoms with Gasteiger partial charge in [0.1, 0.15) is 5.76 Å². The van der Waals surface area contributed by atoms with E-state index in [0.717, 1.165) is 35.9 Å². The lowest BCUT2D eigenvalue weighted by Gasteiger charge is -2.38. The van der Waals surface area contributed by atoms with E-state index in [1.165, 1.54) is 0 Å². The molecule has 3 atom stereocenters. The average molecular weight is 480 g/mol. The number of hydrogen-bond donors (Lipinski definition) is 1. The molecular formula is C20H22BrN3O4S. The number of halogens is 1. The Kier molecular flexibility index (Phi) is 4.79. The Morgan fingerprint density at radius 1 is 1.10 bits per heavy atom. The summed E-state index contributed by atoms with van der Waals surface area (Å²) in [7, 11) is -3.55. The van der Waals surface area contributed by atoms with Crippen molar-refractivity contribution in [1.82, 2.24) is 14.8 Å². The van der Waals surface area contributed by atoms with Gasteiger partial charge in [-0.3, -0.25) is 4.79 Å². The first kappa shape index (κ1) is 19.3. The molecule has 3 aliphatic rings. The van der Waals surface area contributed by atoms with Crippen LogP contribution in [-0.4, -0.2) is 41.9 Å². The second-order valence-electron chi connectivity index (χ2n) is 8.20. The maximum Gasteiger partial charge on any atom is 0.273 e. The predicted octanol–water partition coefficient (Wildman–Crippen LogP) is 3.43. The summed E-state index contributed by atoms with van der Waals surface area (Å²) in [6.07, 6.45) is 5.05. The van der Waals surface area contributed by atoms with Crippen molar-refractivity contribution in [2.45, 2.75) is 67.5 Å². The van der Waals surface area contributed by atoms with E-state index >= 15 is 0 Å². The highest BCUT2D eigenvalue weighted by Gasteiger charge is 2.47. The van der Waals surface area contributed by atoms with Gasteiger partial charge in [0.05, 0.1) is 4.90 Å². The lowest BCUT2D eigenvalue weighted by Crippen LogP contribution is -2.52. The van der Waals surface area contributed by atoms with Crippen molar-refractivity contribution in [3.05, 3.63) is 46.3 Å². The molecule has 1 amide bonds. The molecule has 9 heteroatoms. The highest BCUT2D eigenvalue weighted by atomic mass is 79.9. The molecule has 7 nitrogen and oxygen atoms in total. The lowest BCUT2D eigenvalue weighted by atomic mass is 9.99. The number of sulfonamides is 1. The Hall–Kier alpha value is -1.71. The molecular weight excluding hydrogens is 458 g/mol. The van der Waals surface area contributed by atoms with Crippen LogP contribution in [0.2, 0.25) is 0 Å². The van der Waals surface area contributed by atoms with Crippen LogP contribution in [0.25, 0.3) is 0 Å². The van der Waals surface area contributed by atoms with Gasteiger partial charge in [0.25, 0.3) is 5.91 Å². The van der Waals surface area contributed by atoms with Crippen LogP contribution in [0.4, 0.5) is 0 Å². The van der Waals surface area contributed by atoms with Gasteiger partial charge in [0.2, 0.25) is 10.0 Å². The van der Waals surface area contributed by atoms with Crippen molar-refractivity contribution in [3.8, 4) is 0 Å². The van der Waals surface area contributed by atoms with Gasteiger partial charge >= 0.3 is 0 Å². The molecule has 1 saturated carbocycles. The summed E-state index contributed by atoms with van der Waals surface area (Å²) in [5, 5.41) is 6.94. The zero-order valence-electron chi connectivity index (χ0n) is 15.8. The summed E-state index contributed by atoms with van der Waals surface area (Å²) in [4.78, 5) is 12.9. The lowest BCUT2D eigenvalue weighted by molar-refractivity contribution is 0.0900. The first-order chi connectivity index (χ1) is 13.9. The van der Waals surface area contributed by atoms with Crippen LogP contribution in [0.5, 0.6) is 0 Å². The molecule has 154 valence electrons. The SMILES string of the molecule is O=C(NC1C[C@H]2CC[C@@H](C1)N2S(=O)(=O)c1ccc(Br)cc1)c1cc(C2CC2)on1. The molecule has 2 aliphatic heterocycles. The van der Waals surface area contributed by atoms with E-state index in [0.29, 0.717) is 29.3 Å². The van der Waals surface area contributed by atoms with Gasteiger partial charge in [-0.05, 0) is 62.8 Å². The van der Waals surface area contributed by atoms with Crippen LogP contribution < -0.4 is 5.32 Å². The van der Waals surface area contributed by atoms with Gasteiger partial charge in [0.15, 0.2) is 5.69 Å². The third kappa shape index (κ3) is 3.64. The minimum Gasteiger partial charge on any atom is -0.360 e. The number of aromatic nitrogens is 1. The van der Waals surface area contributed by atoms with Crippen LogP contribution >= 0.6 is 15.9 Å². The van der Waals surface area contributed by atoms with Crippen LogP contribution in [0.15, 0.2) is 44.2 Å². The number of carbonyl (C=O) groups excluding carboxylic acids is 1. The normalized spacial score (nSPS) is 27.1. The standard InChI is InChI=1S/C20H22BrN3O4S/c21-13-3-7-17(8-4-13)29(26,27)24-15-5-6-16(24)10-14(9-15)22-20(25)18-11-19(28-23-18)12-1-2-12/h3-4,7-8,11-12,14-16H,1-2,5-6,9-10H2,(H,22,25)/t14?,15-,16+. The fourth-order valence-corrected chi connectivity index (χ4v) is 6.74. The van der Waals surface area contributed by atoms with Gasteiger partial charge in [-0.25, -0.2) is 8.42 Å². The molecule has 5 rings (SSSR count). The number of benzene rings is 1. The van der Waals surface area contributed by atoms with E-state index in [4.69, 9.17) is 4.52 Å². The van der Waals surface area contributed by atoms with E-state index in [1.807, 2.05) is 0 Å². The Morgan fingerprint density at radius 3 is 2.38 bits per heavy atom. The molecule has 3 heterocycles. The maximum absolute atomic E-state index is 13.2. The molecule has 29 heavy (non-hydrogen) atoms. The number of rotatable bonds is 5. The third-order valence-corrected chi connectivity index (χ3v) is 8.68. The average Bonchev–Trinajstić information content (AvgIpc) is 3.34. The number of amides is 1. The monoisotopic (exact) mass is 479 g/mol. The maximum atomic E-state index is 13.2.